The Morgan fingerprint density at radius 1 is 1.10 bits per heavy atom. The molecule has 1 spiro atoms. The highest BCUT2D eigenvalue weighted by Crippen LogP contribution is 2.29. The first-order valence-electron chi connectivity index (χ1n) is 10.2. The number of nitrogens with zero attached hydrogens (tertiary/aromatic N) is 2. The summed E-state index contributed by atoms with van der Waals surface area (Å²) in [5.74, 6) is 0.464. The predicted molar refractivity (Wildman–Crippen MR) is 123 cm³/mol. The van der Waals surface area contributed by atoms with E-state index in [1.54, 1.807) is 0 Å². The van der Waals surface area contributed by atoms with Gasteiger partial charge in [0.1, 0.15) is 11.7 Å². The lowest BCUT2D eigenvalue weighted by Gasteiger charge is -2.44. The van der Waals surface area contributed by atoms with E-state index in [-0.39, 0.29) is 22.8 Å². The first-order chi connectivity index (χ1) is 14.4. The molecule has 2 aliphatic heterocycles. The molecule has 2 heterocycles. The van der Waals surface area contributed by atoms with Gasteiger partial charge in [0.2, 0.25) is 10.0 Å². The second-order valence-electron chi connectivity index (χ2n) is 7.94. The molecule has 0 aromatic heterocycles. The van der Waals surface area contributed by atoms with Crippen LogP contribution in [-0.2, 0) is 16.6 Å². The van der Waals surface area contributed by atoms with Crippen LogP contribution >= 0.6 is 12.4 Å². The molecule has 0 atom stereocenters. The van der Waals surface area contributed by atoms with E-state index in [9.17, 15) is 12.8 Å². The van der Waals surface area contributed by atoms with Crippen LogP contribution in [0, 0.1) is 12.7 Å². The van der Waals surface area contributed by atoms with Gasteiger partial charge in [0.25, 0.3) is 0 Å². The van der Waals surface area contributed by atoms with Gasteiger partial charge in [-0.1, -0.05) is 29.8 Å². The Morgan fingerprint density at radius 2 is 1.74 bits per heavy atom. The number of piperidine rings is 1. The van der Waals surface area contributed by atoms with Crippen molar-refractivity contribution in [2.24, 2.45) is 4.99 Å². The third kappa shape index (κ3) is 5.09. The molecule has 2 aromatic carbocycles. The van der Waals surface area contributed by atoms with Crippen molar-refractivity contribution in [2.75, 3.05) is 26.2 Å². The fraction of sp³-hybridized carbons (Fsp3) is 0.409. The summed E-state index contributed by atoms with van der Waals surface area (Å²) < 4.78 is 40.5. The Morgan fingerprint density at radius 3 is 2.39 bits per heavy atom. The Hall–Kier alpha value is -2.00. The minimum absolute atomic E-state index is 0. The number of sulfonamides is 1. The van der Waals surface area contributed by atoms with Crippen molar-refractivity contribution in [2.45, 2.75) is 36.7 Å². The number of aliphatic imine (C=N–C) groups is 1. The van der Waals surface area contributed by atoms with E-state index in [0.717, 1.165) is 12.4 Å². The molecule has 31 heavy (non-hydrogen) atoms. The minimum atomic E-state index is -3.63. The van der Waals surface area contributed by atoms with Gasteiger partial charge in [-0.3, -0.25) is 4.99 Å². The zero-order valence-electron chi connectivity index (χ0n) is 17.5. The van der Waals surface area contributed by atoms with Gasteiger partial charge < -0.3 is 10.6 Å². The van der Waals surface area contributed by atoms with Crippen LogP contribution in [0.2, 0.25) is 0 Å². The van der Waals surface area contributed by atoms with Crippen LogP contribution in [0.4, 0.5) is 4.39 Å². The Balaban J connectivity index is 0.00000272. The normalized spacial score (nSPS) is 18.8. The summed E-state index contributed by atoms with van der Waals surface area (Å²) in [6, 6.07) is 13.4. The van der Waals surface area contributed by atoms with Gasteiger partial charge in [-0.2, -0.15) is 4.31 Å². The van der Waals surface area contributed by atoms with E-state index in [4.69, 9.17) is 4.99 Å². The average molecular weight is 467 g/mol. The molecular weight excluding hydrogens is 439 g/mol. The molecule has 0 amide bonds. The van der Waals surface area contributed by atoms with Crippen LogP contribution in [0.5, 0.6) is 0 Å². The summed E-state index contributed by atoms with van der Waals surface area (Å²) in [5.41, 5.74) is 2.07. The quantitative estimate of drug-likeness (QED) is 0.726. The maximum absolute atomic E-state index is 13.2. The number of benzene rings is 2. The van der Waals surface area contributed by atoms with Crippen molar-refractivity contribution in [3.8, 4) is 0 Å². The van der Waals surface area contributed by atoms with E-state index < -0.39 is 15.8 Å². The van der Waals surface area contributed by atoms with Gasteiger partial charge in [0.05, 0.1) is 17.0 Å². The van der Waals surface area contributed by atoms with Gasteiger partial charge in [0.15, 0.2) is 0 Å². The number of halogens is 2. The summed E-state index contributed by atoms with van der Waals surface area (Å²) in [6.07, 6.45) is 1.26. The van der Waals surface area contributed by atoms with Gasteiger partial charge >= 0.3 is 0 Å². The van der Waals surface area contributed by atoms with Gasteiger partial charge in [-0.05, 0) is 49.6 Å². The Kier molecular flexibility index (Phi) is 7.36. The monoisotopic (exact) mass is 466 g/mol. The van der Waals surface area contributed by atoms with Crippen molar-refractivity contribution in [1.82, 2.24) is 14.9 Å². The lowest BCUT2D eigenvalue weighted by atomic mass is 9.85. The number of hydrogen-bond donors (Lipinski definition) is 2. The van der Waals surface area contributed by atoms with Gasteiger partial charge in [-0.15, -0.1) is 12.4 Å². The molecule has 6 nitrogen and oxygen atoms in total. The van der Waals surface area contributed by atoms with Crippen LogP contribution < -0.4 is 10.6 Å². The van der Waals surface area contributed by atoms with E-state index in [1.165, 1.54) is 39.7 Å². The number of amidine groups is 1. The van der Waals surface area contributed by atoms with Crippen molar-refractivity contribution in [3.05, 3.63) is 65.5 Å². The van der Waals surface area contributed by atoms with Crippen LogP contribution in [0.25, 0.3) is 0 Å². The zero-order valence-corrected chi connectivity index (χ0v) is 19.1. The summed E-state index contributed by atoms with van der Waals surface area (Å²) in [7, 11) is -3.63. The highest BCUT2D eigenvalue weighted by molar-refractivity contribution is 7.89. The van der Waals surface area contributed by atoms with E-state index >= 15 is 0 Å². The molecule has 2 N–H and O–H groups in total. The first kappa shape index (κ1) is 23.7. The minimum Gasteiger partial charge on any atom is -0.368 e. The molecule has 0 aliphatic carbocycles. The number of aryl methyl sites for hydroxylation is 1. The van der Waals surface area contributed by atoms with Crippen LogP contribution in [0.1, 0.15) is 24.0 Å². The molecule has 2 aromatic rings. The SMILES string of the molecule is Cc1ccc(CNC2=NCCNC23CCN(S(=O)(=O)c2ccc(F)cc2)CC3)cc1.Cl. The Bertz CT molecular complexity index is 1020. The largest absolute Gasteiger partial charge is 0.368 e. The van der Waals surface area contributed by atoms with E-state index in [2.05, 4.69) is 41.8 Å². The van der Waals surface area contributed by atoms with E-state index in [0.29, 0.717) is 39.0 Å². The summed E-state index contributed by atoms with van der Waals surface area (Å²) in [6.45, 7) is 5.00. The van der Waals surface area contributed by atoms with Crippen molar-refractivity contribution in [3.63, 3.8) is 0 Å². The van der Waals surface area contributed by atoms with Crippen LogP contribution in [-0.4, -0.2) is 50.3 Å². The molecule has 168 valence electrons. The zero-order chi connectivity index (χ0) is 21.2. The fourth-order valence-corrected chi connectivity index (χ4v) is 5.53. The third-order valence-corrected chi connectivity index (χ3v) is 7.82. The number of rotatable bonds is 4. The number of nitrogens with one attached hydrogen (secondary N) is 2. The van der Waals surface area contributed by atoms with Crippen molar-refractivity contribution in [1.29, 1.82) is 0 Å². The summed E-state index contributed by atoms with van der Waals surface area (Å²) >= 11 is 0. The highest BCUT2D eigenvalue weighted by Gasteiger charge is 2.43. The summed E-state index contributed by atoms with van der Waals surface area (Å²) in [4.78, 5) is 4.86. The Labute approximate surface area is 189 Å². The van der Waals surface area contributed by atoms with E-state index in [1.807, 2.05) is 0 Å². The number of hydrogen-bond acceptors (Lipinski definition) is 5. The molecule has 2 aliphatic rings. The maximum atomic E-state index is 13.2. The molecule has 4 rings (SSSR count). The lowest BCUT2D eigenvalue weighted by molar-refractivity contribution is 0.241. The average Bonchev–Trinajstić information content (AvgIpc) is 2.75. The smallest absolute Gasteiger partial charge is 0.243 e. The standard InChI is InChI=1S/C22H27FN4O2S.ClH/c1-17-2-4-18(5-3-17)16-25-21-22(26-13-12-24-21)10-14-27(15-11-22)30(28,29)20-8-6-19(23)7-9-20;/h2-9,26H,10-16H2,1H3,(H,24,25);1H. The summed E-state index contributed by atoms with van der Waals surface area (Å²) in [5, 5.41) is 7.07. The van der Waals surface area contributed by atoms with Crippen molar-refractivity contribution < 1.29 is 12.8 Å². The van der Waals surface area contributed by atoms with Crippen LogP contribution in [0.15, 0.2) is 58.4 Å². The molecule has 0 unspecified atom stereocenters. The van der Waals surface area contributed by atoms with Gasteiger partial charge in [-0.25, -0.2) is 12.8 Å². The molecule has 9 heteroatoms. The second kappa shape index (κ2) is 9.65. The fourth-order valence-electron chi connectivity index (χ4n) is 4.09. The second-order valence-corrected chi connectivity index (χ2v) is 9.87. The third-order valence-electron chi connectivity index (χ3n) is 5.91. The van der Waals surface area contributed by atoms with Crippen LogP contribution in [0.3, 0.4) is 0 Å². The topological polar surface area (TPSA) is 73.8 Å². The predicted octanol–water partition coefficient (Wildman–Crippen LogP) is 2.87. The molecule has 0 radical (unpaired) electrons. The molecule has 0 bridgehead atoms. The molecule has 0 saturated carbocycles. The molecular formula is C22H28ClFN4O2S. The molecule has 1 fully saturated rings. The molecule has 1 saturated heterocycles. The first-order valence-corrected chi connectivity index (χ1v) is 11.7. The highest BCUT2D eigenvalue weighted by atomic mass is 35.5. The lowest BCUT2D eigenvalue weighted by Crippen LogP contribution is -2.64. The maximum Gasteiger partial charge on any atom is 0.243 e. The van der Waals surface area contributed by atoms with Crippen molar-refractivity contribution >= 4 is 28.3 Å². The van der Waals surface area contributed by atoms with Gasteiger partial charge in [0, 0.05) is 26.2 Å².